The molecule has 1 saturated carbocycles. The molecule has 0 N–H and O–H groups in total. The van der Waals surface area contributed by atoms with E-state index >= 15 is 0 Å². The summed E-state index contributed by atoms with van der Waals surface area (Å²) in [6.45, 7) is 6.89. The summed E-state index contributed by atoms with van der Waals surface area (Å²) in [4.78, 5) is 14.5. The summed E-state index contributed by atoms with van der Waals surface area (Å²) < 4.78 is 0. The Morgan fingerprint density at radius 2 is 1.94 bits per heavy atom. The van der Waals surface area contributed by atoms with E-state index in [1.54, 1.807) is 0 Å². The Morgan fingerprint density at radius 1 is 1.35 bits per heavy atom. The highest BCUT2D eigenvalue weighted by molar-refractivity contribution is 5.85. The molecule has 1 aliphatic rings. The van der Waals surface area contributed by atoms with Crippen LogP contribution in [0.4, 0.5) is 0 Å². The number of carbonyl (C=O) groups is 1. The first-order chi connectivity index (χ1) is 8.07. The maximum absolute atomic E-state index is 12.6. The van der Waals surface area contributed by atoms with Crippen LogP contribution in [0.2, 0.25) is 0 Å². The molecule has 3 nitrogen and oxygen atoms in total. The highest BCUT2D eigenvalue weighted by Gasteiger charge is 2.42. The van der Waals surface area contributed by atoms with Gasteiger partial charge in [0.05, 0.1) is 6.07 Å². The fraction of sp³-hybridized carbons (Fsp3) is 0.857. The van der Waals surface area contributed by atoms with Crippen molar-refractivity contribution in [3.63, 3.8) is 0 Å². The van der Waals surface area contributed by atoms with Crippen LogP contribution >= 0.6 is 0 Å². The average Bonchev–Trinajstić information content (AvgIpc) is 2.35. The first-order valence-electron chi connectivity index (χ1n) is 6.79. The molecule has 0 bridgehead atoms. The van der Waals surface area contributed by atoms with Crippen molar-refractivity contribution in [2.24, 2.45) is 5.41 Å². The third kappa shape index (κ3) is 3.00. The van der Waals surface area contributed by atoms with Crippen LogP contribution in [-0.4, -0.2) is 23.4 Å². The van der Waals surface area contributed by atoms with Gasteiger partial charge >= 0.3 is 0 Å². The Morgan fingerprint density at radius 3 is 2.35 bits per heavy atom. The molecule has 1 aliphatic carbocycles. The van der Waals surface area contributed by atoms with E-state index in [2.05, 4.69) is 13.0 Å². The van der Waals surface area contributed by atoms with E-state index in [-0.39, 0.29) is 11.9 Å². The third-order valence-electron chi connectivity index (χ3n) is 3.68. The van der Waals surface area contributed by atoms with Gasteiger partial charge in [-0.25, -0.2) is 0 Å². The van der Waals surface area contributed by atoms with Crippen LogP contribution in [0.1, 0.15) is 59.3 Å². The smallest absolute Gasteiger partial charge is 0.243 e. The lowest BCUT2D eigenvalue weighted by Crippen LogP contribution is -2.47. The molecule has 0 aliphatic heterocycles. The van der Waals surface area contributed by atoms with Gasteiger partial charge in [0.1, 0.15) is 5.41 Å². The van der Waals surface area contributed by atoms with E-state index in [1.807, 2.05) is 18.7 Å². The van der Waals surface area contributed by atoms with E-state index < -0.39 is 5.41 Å². The van der Waals surface area contributed by atoms with E-state index in [1.165, 1.54) is 0 Å². The molecule has 1 rings (SSSR count). The summed E-state index contributed by atoms with van der Waals surface area (Å²) >= 11 is 0. The lowest BCUT2D eigenvalue weighted by molar-refractivity contribution is -0.142. The largest absolute Gasteiger partial charge is 0.339 e. The Bertz CT molecular complexity index is 298. The van der Waals surface area contributed by atoms with Gasteiger partial charge in [-0.15, -0.1) is 0 Å². The van der Waals surface area contributed by atoms with Gasteiger partial charge in [0.15, 0.2) is 0 Å². The van der Waals surface area contributed by atoms with Crippen LogP contribution in [0.5, 0.6) is 0 Å². The van der Waals surface area contributed by atoms with Crippen molar-refractivity contribution >= 4 is 5.91 Å². The summed E-state index contributed by atoms with van der Waals surface area (Å²) in [5.41, 5.74) is -0.725. The fourth-order valence-corrected chi connectivity index (χ4v) is 2.64. The standard InChI is InChI=1S/C14H24N2O/c1-4-10-16(12(2)3)13(17)14(11-15)8-6-5-7-9-14/h12H,4-10H2,1-3H3. The second kappa shape index (κ2) is 6.05. The third-order valence-corrected chi connectivity index (χ3v) is 3.68. The van der Waals surface area contributed by atoms with Crippen LogP contribution < -0.4 is 0 Å². The van der Waals surface area contributed by atoms with Crippen molar-refractivity contribution in [3.8, 4) is 6.07 Å². The van der Waals surface area contributed by atoms with Crippen molar-refractivity contribution in [1.29, 1.82) is 5.26 Å². The number of hydrogen-bond acceptors (Lipinski definition) is 2. The van der Waals surface area contributed by atoms with E-state index in [0.29, 0.717) is 0 Å². The lowest BCUT2D eigenvalue weighted by Gasteiger charge is -2.36. The van der Waals surface area contributed by atoms with Gasteiger partial charge in [0, 0.05) is 12.6 Å². The molecule has 0 aromatic heterocycles. The van der Waals surface area contributed by atoms with E-state index in [0.717, 1.165) is 45.1 Å². The topological polar surface area (TPSA) is 44.1 Å². The molecule has 1 fully saturated rings. The van der Waals surface area contributed by atoms with Gasteiger partial charge in [-0.1, -0.05) is 26.2 Å². The molecule has 0 atom stereocenters. The average molecular weight is 236 g/mol. The first-order valence-corrected chi connectivity index (χ1v) is 6.79. The van der Waals surface area contributed by atoms with Crippen LogP contribution in [-0.2, 0) is 4.79 Å². The SMILES string of the molecule is CCCN(C(=O)C1(C#N)CCCCC1)C(C)C. The number of amides is 1. The molecule has 0 heterocycles. The minimum Gasteiger partial charge on any atom is -0.339 e. The Labute approximate surface area is 105 Å². The minimum atomic E-state index is -0.725. The molecule has 1 amide bonds. The van der Waals surface area contributed by atoms with E-state index in [4.69, 9.17) is 0 Å². The molecule has 0 saturated heterocycles. The number of hydrogen-bond donors (Lipinski definition) is 0. The van der Waals surface area contributed by atoms with Crippen molar-refractivity contribution in [1.82, 2.24) is 4.90 Å². The summed E-state index contributed by atoms with van der Waals surface area (Å²) in [5, 5.41) is 9.41. The number of nitriles is 1. The van der Waals surface area contributed by atoms with Gasteiger partial charge in [-0.3, -0.25) is 4.79 Å². The second-order valence-electron chi connectivity index (χ2n) is 5.35. The molecule has 3 heteroatoms. The minimum absolute atomic E-state index is 0.0663. The van der Waals surface area contributed by atoms with Crippen molar-refractivity contribution in [2.75, 3.05) is 6.54 Å². The van der Waals surface area contributed by atoms with Crippen LogP contribution in [0.3, 0.4) is 0 Å². The Kier molecular flexibility index (Phi) is 4.99. The van der Waals surface area contributed by atoms with Crippen molar-refractivity contribution in [3.05, 3.63) is 0 Å². The molecule has 0 spiro atoms. The monoisotopic (exact) mass is 236 g/mol. The maximum Gasteiger partial charge on any atom is 0.243 e. The van der Waals surface area contributed by atoms with Gasteiger partial charge in [-0.05, 0) is 33.1 Å². The highest BCUT2D eigenvalue weighted by Crippen LogP contribution is 2.37. The predicted molar refractivity (Wildman–Crippen MR) is 68.3 cm³/mol. The van der Waals surface area contributed by atoms with Gasteiger partial charge in [0.2, 0.25) is 5.91 Å². The normalized spacial score (nSPS) is 18.8. The molecular weight excluding hydrogens is 212 g/mol. The zero-order valence-electron chi connectivity index (χ0n) is 11.3. The molecule has 96 valence electrons. The number of nitrogens with zero attached hydrogens (tertiary/aromatic N) is 2. The highest BCUT2D eigenvalue weighted by atomic mass is 16.2. The summed E-state index contributed by atoms with van der Waals surface area (Å²) in [7, 11) is 0. The maximum atomic E-state index is 12.6. The van der Waals surface area contributed by atoms with Crippen molar-refractivity contribution in [2.45, 2.75) is 65.3 Å². The first kappa shape index (κ1) is 14.0. The van der Waals surface area contributed by atoms with Gasteiger partial charge in [0.25, 0.3) is 0 Å². The molecule has 0 radical (unpaired) electrons. The summed E-state index contributed by atoms with van der Waals surface area (Å²) in [5.74, 6) is 0.0663. The van der Waals surface area contributed by atoms with Crippen LogP contribution in [0.15, 0.2) is 0 Å². The van der Waals surface area contributed by atoms with Crippen LogP contribution in [0.25, 0.3) is 0 Å². The lowest BCUT2D eigenvalue weighted by atomic mass is 9.74. The molecule has 17 heavy (non-hydrogen) atoms. The molecule has 0 aromatic rings. The van der Waals surface area contributed by atoms with Gasteiger partial charge in [-0.2, -0.15) is 5.26 Å². The quantitative estimate of drug-likeness (QED) is 0.752. The van der Waals surface area contributed by atoms with E-state index in [9.17, 15) is 10.1 Å². The number of carbonyl (C=O) groups excluding carboxylic acids is 1. The zero-order valence-corrected chi connectivity index (χ0v) is 11.3. The predicted octanol–water partition coefficient (Wildman–Crippen LogP) is 3.11. The summed E-state index contributed by atoms with van der Waals surface area (Å²) in [6.07, 6.45) is 5.62. The molecule has 0 unspecified atom stereocenters. The Hall–Kier alpha value is -1.04. The Balaban J connectivity index is 2.86. The summed E-state index contributed by atoms with van der Waals surface area (Å²) in [6, 6.07) is 2.51. The molecular formula is C14H24N2O. The van der Waals surface area contributed by atoms with Crippen molar-refractivity contribution < 1.29 is 4.79 Å². The fourth-order valence-electron chi connectivity index (χ4n) is 2.64. The second-order valence-corrected chi connectivity index (χ2v) is 5.35. The van der Waals surface area contributed by atoms with Gasteiger partial charge < -0.3 is 4.90 Å². The molecule has 0 aromatic carbocycles. The van der Waals surface area contributed by atoms with Crippen LogP contribution in [0, 0.1) is 16.7 Å². The zero-order chi connectivity index (χ0) is 12.9. The number of rotatable bonds is 4.